The molecule has 3 unspecified atom stereocenters. The number of benzene rings is 1. The summed E-state index contributed by atoms with van der Waals surface area (Å²) >= 11 is 6.15. The Morgan fingerprint density at radius 2 is 1.95 bits per heavy atom. The fourth-order valence-electron chi connectivity index (χ4n) is 2.83. The summed E-state index contributed by atoms with van der Waals surface area (Å²) in [5.74, 6) is 1.37. The van der Waals surface area contributed by atoms with Crippen LogP contribution in [-0.2, 0) is 10.0 Å². The zero-order valence-electron chi connectivity index (χ0n) is 12.7. The number of sulfonamides is 1. The number of halogens is 1. The molecule has 0 bridgehead atoms. The monoisotopic (exact) mass is 330 g/mol. The SMILES string of the molecule is CC1CCC(C)C(Nc2ccc(NS(C)(=O)=O)c(Cl)c2)C1. The third kappa shape index (κ3) is 4.78. The third-order valence-electron chi connectivity index (χ3n) is 4.07. The van der Waals surface area contributed by atoms with Crippen molar-refractivity contribution in [2.45, 2.75) is 39.2 Å². The molecule has 0 aliphatic heterocycles. The molecule has 6 heteroatoms. The van der Waals surface area contributed by atoms with Crippen LogP contribution in [0.4, 0.5) is 11.4 Å². The maximum absolute atomic E-state index is 11.2. The molecule has 1 aromatic rings. The number of hydrogen-bond donors (Lipinski definition) is 2. The molecule has 0 aromatic heterocycles. The largest absolute Gasteiger partial charge is 0.382 e. The van der Waals surface area contributed by atoms with Gasteiger partial charge in [0.2, 0.25) is 10.0 Å². The molecule has 1 aliphatic rings. The van der Waals surface area contributed by atoms with E-state index in [0.717, 1.165) is 24.3 Å². The lowest BCUT2D eigenvalue weighted by Gasteiger charge is -2.34. The molecule has 1 aromatic carbocycles. The van der Waals surface area contributed by atoms with Gasteiger partial charge in [0.15, 0.2) is 0 Å². The van der Waals surface area contributed by atoms with E-state index in [1.165, 1.54) is 12.8 Å². The minimum absolute atomic E-state index is 0.405. The summed E-state index contributed by atoms with van der Waals surface area (Å²) in [6.45, 7) is 4.55. The number of nitrogens with one attached hydrogen (secondary N) is 2. The van der Waals surface area contributed by atoms with E-state index in [4.69, 9.17) is 11.6 Å². The Morgan fingerprint density at radius 3 is 2.57 bits per heavy atom. The van der Waals surface area contributed by atoms with Crippen LogP contribution < -0.4 is 10.0 Å². The Bertz CT molecular complexity index is 604. The van der Waals surface area contributed by atoms with E-state index < -0.39 is 10.0 Å². The Hall–Kier alpha value is -0.940. The molecular weight excluding hydrogens is 308 g/mol. The van der Waals surface area contributed by atoms with E-state index >= 15 is 0 Å². The summed E-state index contributed by atoms with van der Waals surface area (Å²) in [6.07, 6.45) is 4.79. The van der Waals surface area contributed by atoms with Crippen LogP contribution in [0.2, 0.25) is 5.02 Å². The van der Waals surface area contributed by atoms with Gasteiger partial charge in [0.1, 0.15) is 0 Å². The molecule has 3 atom stereocenters. The second-order valence-corrected chi connectivity index (χ2v) is 8.37. The first-order valence-corrected chi connectivity index (χ1v) is 9.55. The Morgan fingerprint density at radius 1 is 1.24 bits per heavy atom. The van der Waals surface area contributed by atoms with Crippen molar-refractivity contribution >= 4 is 33.0 Å². The highest BCUT2D eigenvalue weighted by molar-refractivity contribution is 7.92. The molecular formula is C15H23ClN2O2S. The summed E-state index contributed by atoms with van der Waals surface area (Å²) in [6, 6.07) is 5.79. The normalized spacial score (nSPS) is 26.4. The van der Waals surface area contributed by atoms with Crippen molar-refractivity contribution in [2.24, 2.45) is 11.8 Å². The van der Waals surface area contributed by atoms with Crippen LogP contribution in [0.15, 0.2) is 18.2 Å². The fourth-order valence-corrected chi connectivity index (χ4v) is 3.70. The van der Waals surface area contributed by atoms with Gasteiger partial charge >= 0.3 is 0 Å². The van der Waals surface area contributed by atoms with Crippen molar-refractivity contribution in [3.8, 4) is 0 Å². The molecule has 118 valence electrons. The summed E-state index contributed by atoms with van der Waals surface area (Å²) in [5, 5.41) is 3.93. The summed E-state index contributed by atoms with van der Waals surface area (Å²) in [7, 11) is -3.31. The van der Waals surface area contributed by atoms with Crippen LogP contribution in [0.1, 0.15) is 33.1 Å². The average Bonchev–Trinajstić information content (AvgIpc) is 2.36. The van der Waals surface area contributed by atoms with E-state index in [0.29, 0.717) is 22.7 Å². The van der Waals surface area contributed by atoms with Gasteiger partial charge in [0.25, 0.3) is 0 Å². The average molecular weight is 331 g/mol. The van der Waals surface area contributed by atoms with Crippen LogP contribution in [0.25, 0.3) is 0 Å². The van der Waals surface area contributed by atoms with Crippen LogP contribution in [0.5, 0.6) is 0 Å². The molecule has 1 aliphatic carbocycles. The summed E-state index contributed by atoms with van der Waals surface area (Å²) < 4.78 is 24.9. The molecule has 0 saturated heterocycles. The second kappa shape index (κ2) is 6.44. The summed E-state index contributed by atoms with van der Waals surface area (Å²) in [4.78, 5) is 0. The van der Waals surface area contributed by atoms with Crippen molar-refractivity contribution in [3.05, 3.63) is 23.2 Å². The lowest BCUT2D eigenvalue weighted by Crippen LogP contribution is -2.33. The van der Waals surface area contributed by atoms with Gasteiger partial charge in [-0.05, 0) is 42.9 Å². The predicted octanol–water partition coefficient (Wildman–Crippen LogP) is 3.95. The van der Waals surface area contributed by atoms with E-state index in [-0.39, 0.29) is 0 Å². The highest BCUT2D eigenvalue weighted by Gasteiger charge is 2.25. The number of anilines is 2. The molecule has 0 heterocycles. The van der Waals surface area contributed by atoms with Crippen molar-refractivity contribution in [1.82, 2.24) is 0 Å². The van der Waals surface area contributed by atoms with Crippen LogP contribution in [0.3, 0.4) is 0 Å². The van der Waals surface area contributed by atoms with Crippen LogP contribution in [-0.4, -0.2) is 20.7 Å². The molecule has 1 fully saturated rings. The second-order valence-electron chi connectivity index (χ2n) is 6.22. The minimum atomic E-state index is -3.31. The van der Waals surface area contributed by atoms with Crippen LogP contribution in [0, 0.1) is 11.8 Å². The molecule has 2 rings (SSSR count). The molecule has 2 N–H and O–H groups in total. The quantitative estimate of drug-likeness (QED) is 0.878. The van der Waals surface area contributed by atoms with Gasteiger partial charge in [-0.25, -0.2) is 8.42 Å². The van der Waals surface area contributed by atoms with Crippen LogP contribution >= 0.6 is 11.6 Å². The Balaban J connectivity index is 2.09. The number of rotatable bonds is 4. The van der Waals surface area contributed by atoms with Gasteiger partial charge < -0.3 is 5.32 Å². The molecule has 21 heavy (non-hydrogen) atoms. The van der Waals surface area contributed by atoms with Crippen molar-refractivity contribution in [1.29, 1.82) is 0 Å². The van der Waals surface area contributed by atoms with Gasteiger partial charge in [-0.2, -0.15) is 0 Å². The third-order valence-corrected chi connectivity index (χ3v) is 4.98. The fraction of sp³-hybridized carbons (Fsp3) is 0.600. The lowest BCUT2D eigenvalue weighted by molar-refractivity contribution is 0.281. The topological polar surface area (TPSA) is 58.2 Å². The highest BCUT2D eigenvalue weighted by Crippen LogP contribution is 2.32. The number of hydrogen-bond acceptors (Lipinski definition) is 3. The molecule has 0 spiro atoms. The van der Waals surface area contributed by atoms with E-state index in [1.807, 2.05) is 6.07 Å². The molecule has 0 radical (unpaired) electrons. The Kier molecular flexibility index (Phi) is 5.04. The molecule has 4 nitrogen and oxygen atoms in total. The first kappa shape index (κ1) is 16.4. The van der Waals surface area contributed by atoms with Crippen molar-refractivity contribution in [2.75, 3.05) is 16.3 Å². The first-order chi connectivity index (χ1) is 9.74. The van der Waals surface area contributed by atoms with E-state index in [2.05, 4.69) is 23.9 Å². The first-order valence-electron chi connectivity index (χ1n) is 7.28. The summed E-state index contributed by atoms with van der Waals surface area (Å²) in [5.41, 5.74) is 1.35. The van der Waals surface area contributed by atoms with E-state index in [9.17, 15) is 8.42 Å². The maximum atomic E-state index is 11.2. The predicted molar refractivity (Wildman–Crippen MR) is 89.5 cm³/mol. The zero-order chi connectivity index (χ0) is 15.6. The Labute approximate surface area is 132 Å². The smallest absolute Gasteiger partial charge is 0.229 e. The maximum Gasteiger partial charge on any atom is 0.229 e. The molecule has 0 amide bonds. The zero-order valence-corrected chi connectivity index (χ0v) is 14.3. The lowest BCUT2D eigenvalue weighted by atomic mass is 9.80. The minimum Gasteiger partial charge on any atom is -0.382 e. The highest BCUT2D eigenvalue weighted by atomic mass is 35.5. The van der Waals surface area contributed by atoms with Gasteiger partial charge in [-0.3, -0.25) is 4.72 Å². The molecule has 1 saturated carbocycles. The van der Waals surface area contributed by atoms with Gasteiger partial charge in [-0.1, -0.05) is 31.9 Å². The van der Waals surface area contributed by atoms with Crippen molar-refractivity contribution < 1.29 is 8.42 Å². The van der Waals surface area contributed by atoms with Gasteiger partial charge in [-0.15, -0.1) is 0 Å². The van der Waals surface area contributed by atoms with Gasteiger partial charge in [0, 0.05) is 11.7 Å². The standard InChI is InChI=1S/C15H23ClN2O2S/c1-10-4-5-11(2)15(8-10)17-12-6-7-14(13(16)9-12)18-21(3,19)20/h6-7,9-11,15,17-18H,4-5,8H2,1-3H3. The van der Waals surface area contributed by atoms with Gasteiger partial charge in [0.05, 0.1) is 17.0 Å². The van der Waals surface area contributed by atoms with E-state index in [1.54, 1.807) is 12.1 Å². The van der Waals surface area contributed by atoms with Crippen molar-refractivity contribution in [3.63, 3.8) is 0 Å².